The van der Waals surface area contributed by atoms with E-state index in [0.29, 0.717) is 17.7 Å². The highest BCUT2D eigenvalue weighted by Gasteiger charge is 2.58. The highest BCUT2D eigenvalue weighted by molar-refractivity contribution is 5.83. The number of nitrogens with one attached hydrogen (secondary N) is 1. The van der Waals surface area contributed by atoms with Crippen LogP contribution in [0.3, 0.4) is 0 Å². The predicted molar refractivity (Wildman–Crippen MR) is 107 cm³/mol. The summed E-state index contributed by atoms with van der Waals surface area (Å²) in [5.74, 6) is 1.05. The fourth-order valence-electron chi connectivity index (χ4n) is 5.24. The molecule has 1 aliphatic carbocycles. The number of H-pyrrole nitrogens is 1. The van der Waals surface area contributed by atoms with E-state index < -0.39 is 5.76 Å². The maximum absolute atomic E-state index is 11.6. The molecule has 2 aromatic heterocycles. The lowest BCUT2D eigenvalue weighted by molar-refractivity contribution is -0.0592. The average Bonchev–Trinajstić information content (AvgIpc) is 2.97. The van der Waals surface area contributed by atoms with Crippen molar-refractivity contribution in [1.82, 2.24) is 14.7 Å². The average molecular weight is 381 g/mol. The SMILES string of the molecule is Cc1cc2cc(C3CCOC(C)(C)C3)ccc2n1C1(c2noc(=O)[nH]2)CC1C. The van der Waals surface area contributed by atoms with Crippen LogP contribution in [0.15, 0.2) is 33.6 Å². The van der Waals surface area contributed by atoms with E-state index in [1.165, 1.54) is 22.2 Å². The van der Waals surface area contributed by atoms with Gasteiger partial charge in [0.1, 0.15) is 5.54 Å². The Morgan fingerprint density at radius 3 is 2.68 bits per heavy atom. The van der Waals surface area contributed by atoms with Gasteiger partial charge < -0.3 is 9.30 Å². The minimum absolute atomic E-state index is 0.0634. The molecular weight excluding hydrogens is 354 g/mol. The lowest BCUT2D eigenvalue weighted by atomic mass is 9.83. The van der Waals surface area contributed by atoms with Crippen LogP contribution >= 0.6 is 0 Å². The number of aryl methyl sites for hydroxylation is 1. The Morgan fingerprint density at radius 1 is 1.25 bits per heavy atom. The van der Waals surface area contributed by atoms with Crippen LogP contribution in [0.1, 0.15) is 63.0 Å². The van der Waals surface area contributed by atoms with Gasteiger partial charge in [-0.15, -0.1) is 0 Å². The Bertz CT molecular complexity index is 1110. The maximum Gasteiger partial charge on any atom is 0.438 e. The highest BCUT2D eigenvalue weighted by Crippen LogP contribution is 2.55. The maximum atomic E-state index is 11.6. The molecule has 148 valence electrons. The Hall–Kier alpha value is -2.34. The number of fused-ring (bicyclic) bond motifs is 1. The van der Waals surface area contributed by atoms with Crippen molar-refractivity contribution in [1.29, 1.82) is 0 Å². The van der Waals surface area contributed by atoms with Crippen LogP contribution in [0.25, 0.3) is 10.9 Å². The topological polar surface area (TPSA) is 73.0 Å². The number of hydrogen-bond acceptors (Lipinski definition) is 4. The molecular formula is C22H27N3O3. The zero-order valence-corrected chi connectivity index (χ0v) is 16.9. The van der Waals surface area contributed by atoms with Crippen LogP contribution in [0.2, 0.25) is 0 Å². The van der Waals surface area contributed by atoms with Crippen LogP contribution in [-0.2, 0) is 10.3 Å². The van der Waals surface area contributed by atoms with Gasteiger partial charge in [-0.25, -0.2) is 4.79 Å². The number of aromatic nitrogens is 3. The Kier molecular flexibility index (Phi) is 3.69. The Labute approximate surface area is 163 Å². The summed E-state index contributed by atoms with van der Waals surface area (Å²) in [6.07, 6.45) is 3.05. The lowest BCUT2D eigenvalue weighted by Crippen LogP contribution is -2.32. The first kappa shape index (κ1) is 17.7. The van der Waals surface area contributed by atoms with Gasteiger partial charge in [-0.3, -0.25) is 9.51 Å². The van der Waals surface area contributed by atoms with Crippen LogP contribution in [0.5, 0.6) is 0 Å². The summed E-state index contributed by atoms with van der Waals surface area (Å²) in [6.45, 7) is 9.49. The summed E-state index contributed by atoms with van der Waals surface area (Å²) in [7, 11) is 0. The van der Waals surface area contributed by atoms with Gasteiger partial charge >= 0.3 is 5.76 Å². The molecule has 3 atom stereocenters. The van der Waals surface area contributed by atoms with Gasteiger partial charge in [-0.2, -0.15) is 0 Å². The fraction of sp³-hybridized carbons (Fsp3) is 0.545. The molecule has 28 heavy (non-hydrogen) atoms. The fourth-order valence-corrected chi connectivity index (χ4v) is 5.24. The van der Waals surface area contributed by atoms with Gasteiger partial charge in [-0.05, 0) is 75.6 Å². The minimum Gasteiger partial charge on any atom is -0.376 e. The molecule has 0 bridgehead atoms. The van der Waals surface area contributed by atoms with E-state index in [-0.39, 0.29) is 11.1 Å². The molecule has 2 fully saturated rings. The van der Waals surface area contributed by atoms with Crippen LogP contribution in [0, 0.1) is 12.8 Å². The molecule has 0 amide bonds. The number of nitrogens with zero attached hydrogens (tertiary/aromatic N) is 2. The minimum atomic E-state index is -0.494. The monoisotopic (exact) mass is 381 g/mol. The number of benzene rings is 1. The number of rotatable bonds is 3. The molecule has 2 aliphatic rings. The van der Waals surface area contributed by atoms with Crippen molar-refractivity contribution in [3.05, 3.63) is 51.9 Å². The van der Waals surface area contributed by atoms with E-state index in [9.17, 15) is 4.79 Å². The summed E-state index contributed by atoms with van der Waals surface area (Å²) in [4.78, 5) is 14.4. The molecule has 3 heterocycles. The lowest BCUT2D eigenvalue weighted by Gasteiger charge is -2.35. The summed E-state index contributed by atoms with van der Waals surface area (Å²) in [5, 5.41) is 5.27. The van der Waals surface area contributed by atoms with E-state index >= 15 is 0 Å². The van der Waals surface area contributed by atoms with E-state index in [1.807, 2.05) is 0 Å². The zero-order chi connectivity index (χ0) is 19.7. The summed E-state index contributed by atoms with van der Waals surface area (Å²) in [6, 6.07) is 9.06. The molecule has 6 heteroatoms. The van der Waals surface area contributed by atoms with Gasteiger partial charge in [0, 0.05) is 23.2 Å². The van der Waals surface area contributed by atoms with Crippen LogP contribution < -0.4 is 5.76 Å². The number of aromatic amines is 1. The first-order valence-electron chi connectivity index (χ1n) is 10.1. The zero-order valence-electron chi connectivity index (χ0n) is 16.9. The third-order valence-electron chi connectivity index (χ3n) is 6.70. The summed E-state index contributed by atoms with van der Waals surface area (Å²) >= 11 is 0. The van der Waals surface area contributed by atoms with Crippen molar-refractivity contribution in [2.24, 2.45) is 5.92 Å². The summed E-state index contributed by atoms with van der Waals surface area (Å²) < 4.78 is 13.0. The third kappa shape index (κ3) is 2.58. The third-order valence-corrected chi connectivity index (χ3v) is 6.70. The molecule has 1 N–H and O–H groups in total. The van der Waals surface area contributed by atoms with E-state index in [1.54, 1.807) is 0 Å². The van der Waals surface area contributed by atoms with Crippen molar-refractivity contribution in [2.75, 3.05) is 6.61 Å². The van der Waals surface area contributed by atoms with Crippen molar-refractivity contribution in [2.45, 2.75) is 64.0 Å². The number of ether oxygens (including phenoxy) is 1. The van der Waals surface area contributed by atoms with Gasteiger partial charge in [0.25, 0.3) is 0 Å². The summed E-state index contributed by atoms with van der Waals surface area (Å²) in [5.41, 5.74) is 3.36. The van der Waals surface area contributed by atoms with E-state index in [0.717, 1.165) is 25.9 Å². The smallest absolute Gasteiger partial charge is 0.376 e. The molecule has 1 saturated carbocycles. The van der Waals surface area contributed by atoms with Crippen LogP contribution in [-0.4, -0.2) is 26.9 Å². The first-order valence-corrected chi connectivity index (χ1v) is 10.1. The molecule has 5 rings (SSSR count). The first-order chi connectivity index (χ1) is 13.3. The second-order valence-corrected chi connectivity index (χ2v) is 9.21. The molecule has 3 unspecified atom stereocenters. The largest absolute Gasteiger partial charge is 0.438 e. The standard InChI is InChI=1S/C22H27N3O3/c1-13-11-22(13,19-23-20(26)28-24-19)25-14(2)9-17-10-15(5-6-18(17)25)16-7-8-27-21(3,4)12-16/h5-6,9-10,13,16H,7-8,11-12H2,1-4H3,(H,23,24,26). The van der Waals surface area contributed by atoms with Gasteiger partial charge in [0.15, 0.2) is 5.82 Å². The number of hydrogen-bond donors (Lipinski definition) is 1. The molecule has 3 aromatic rings. The van der Waals surface area contributed by atoms with E-state index in [4.69, 9.17) is 9.26 Å². The van der Waals surface area contributed by atoms with Crippen molar-refractivity contribution >= 4 is 10.9 Å². The van der Waals surface area contributed by atoms with Crippen molar-refractivity contribution in [3.63, 3.8) is 0 Å². The quantitative estimate of drug-likeness (QED) is 0.742. The normalized spacial score (nSPS) is 29.3. The van der Waals surface area contributed by atoms with Gasteiger partial charge in [0.05, 0.1) is 5.60 Å². The highest BCUT2D eigenvalue weighted by atomic mass is 16.5. The molecule has 0 radical (unpaired) electrons. The molecule has 1 aromatic carbocycles. The Balaban J connectivity index is 1.59. The molecule has 6 nitrogen and oxygen atoms in total. The molecule has 1 aliphatic heterocycles. The molecule has 0 spiro atoms. The molecule has 1 saturated heterocycles. The van der Waals surface area contributed by atoms with E-state index in [2.05, 4.69) is 66.7 Å². The van der Waals surface area contributed by atoms with Gasteiger partial charge in [-0.1, -0.05) is 18.1 Å². The second-order valence-electron chi connectivity index (χ2n) is 9.21. The van der Waals surface area contributed by atoms with Crippen LogP contribution in [0.4, 0.5) is 0 Å². The Morgan fingerprint density at radius 2 is 2.04 bits per heavy atom. The second kappa shape index (κ2) is 5.83. The van der Waals surface area contributed by atoms with Crippen molar-refractivity contribution in [3.8, 4) is 0 Å². The predicted octanol–water partition coefficient (Wildman–Crippen LogP) is 4.08. The van der Waals surface area contributed by atoms with Gasteiger partial charge in [0.2, 0.25) is 0 Å². The van der Waals surface area contributed by atoms with Crippen molar-refractivity contribution < 1.29 is 9.26 Å².